The Bertz CT molecular complexity index is 584. The van der Waals surface area contributed by atoms with Crippen LogP contribution in [0.15, 0.2) is 48.5 Å². The van der Waals surface area contributed by atoms with Gasteiger partial charge in [-0.05, 0) is 29.7 Å². The lowest BCUT2D eigenvalue weighted by molar-refractivity contribution is 0.126. The zero-order valence-corrected chi connectivity index (χ0v) is 10.5. The van der Waals surface area contributed by atoms with Gasteiger partial charge in [-0.3, -0.25) is 0 Å². The Hall–Kier alpha value is -2.36. The van der Waals surface area contributed by atoms with Crippen molar-refractivity contribution in [2.45, 2.75) is 13.0 Å². The summed E-state index contributed by atoms with van der Waals surface area (Å²) in [5.41, 5.74) is 6.91. The molecule has 0 bridgehead atoms. The molecule has 2 rings (SSSR count). The fourth-order valence-electron chi connectivity index (χ4n) is 1.84. The second kappa shape index (κ2) is 5.52. The Labute approximate surface area is 110 Å². The first-order valence-electron chi connectivity index (χ1n) is 5.85. The molecule has 1 amide bonds. The van der Waals surface area contributed by atoms with Gasteiger partial charge in [0.1, 0.15) is 5.82 Å². The molecule has 2 aromatic carbocycles. The minimum absolute atomic E-state index is 0.341. The minimum Gasteiger partial charge on any atom is -0.437 e. The highest BCUT2D eigenvalue weighted by atomic mass is 19.1. The van der Waals surface area contributed by atoms with E-state index in [0.29, 0.717) is 11.1 Å². The molecule has 4 heteroatoms. The van der Waals surface area contributed by atoms with Gasteiger partial charge in [0.15, 0.2) is 6.10 Å². The van der Waals surface area contributed by atoms with Gasteiger partial charge in [-0.15, -0.1) is 0 Å². The first-order chi connectivity index (χ1) is 9.08. The number of nitrogens with two attached hydrogens (primary N) is 1. The third-order valence-electron chi connectivity index (χ3n) is 2.83. The fourth-order valence-corrected chi connectivity index (χ4v) is 1.84. The highest BCUT2D eigenvalue weighted by molar-refractivity contribution is 5.65. The van der Waals surface area contributed by atoms with Crippen LogP contribution in [0.2, 0.25) is 0 Å². The predicted octanol–water partition coefficient (Wildman–Crippen LogP) is 3.32. The van der Waals surface area contributed by atoms with Gasteiger partial charge in [-0.2, -0.15) is 0 Å². The number of halogens is 1. The Kier molecular flexibility index (Phi) is 3.80. The van der Waals surface area contributed by atoms with Crippen LogP contribution < -0.4 is 5.73 Å². The van der Waals surface area contributed by atoms with Crippen LogP contribution in [0.3, 0.4) is 0 Å². The third-order valence-corrected chi connectivity index (χ3v) is 2.83. The van der Waals surface area contributed by atoms with Crippen LogP contribution in [0.4, 0.5) is 9.18 Å². The van der Waals surface area contributed by atoms with Crippen LogP contribution in [-0.4, -0.2) is 6.09 Å². The van der Waals surface area contributed by atoms with E-state index in [1.165, 1.54) is 6.07 Å². The Balaban J connectivity index is 2.42. The number of amides is 1. The van der Waals surface area contributed by atoms with Gasteiger partial charge in [0.2, 0.25) is 0 Å². The van der Waals surface area contributed by atoms with E-state index in [0.717, 1.165) is 5.56 Å². The van der Waals surface area contributed by atoms with Crippen molar-refractivity contribution in [1.29, 1.82) is 0 Å². The summed E-state index contributed by atoms with van der Waals surface area (Å²) in [5, 5.41) is 0. The van der Waals surface area contributed by atoms with Crippen LogP contribution in [0, 0.1) is 12.7 Å². The molecule has 0 aliphatic heterocycles. The molecule has 0 aromatic heterocycles. The Morgan fingerprint density at radius 3 is 2.42 bits per heavy atom. The summed E-state index contributed by atoms with van der Waals surface area (Å²) in [7, 11) is 0. The smallest absolute Gasteiger partial charge is 0.405 e. The molecular formula is C15H14FNO2. The monoisotopic (exact) mass is 259 g/mol. The number of carbonyl (C=O) groups excluding carboxylic acids is 1. The molecule has 0 heterocycles. The van der Waals surface area contributed by atoms with Crippen LogP contribution >= 0.6 is 0 Å². The molecule has 1 unspecified atom stereocenters. The molecule has 1 atom stereocenters. The number of benzene rings is 2. The van der Waals surface area contributed by atoms with Crippen molar-refractivity contribution in [2.75, 3.05) is 0 Å². The molecule has 0 radical (unpaired) electrons. The van der Waals surface area contributed by atoms with Crippen LogP contribution in [0.25, 0.3) is 0 Å². The van der Waals surface area contributed by atoms with Gasteiger partial charge in [-0.1, -0.05) is 42.5 Å². The second-order valence-corrected chi connectivity index (χ2v) is 4.24. The summed E-state index contributed by atoms with van der Waals surface area (Å²) in [6, 6.07) is 13.8. The maximum Gasteiger partial charge on any atom is 0.405 e. The molecule has 0 aliphatic carbocycles. The topological polar surface area (TPSA) is 52.3 Å². The maximum atomic E-state index is 13.6. The lowest BCUT2D eigenvalue weighted by Gasteiger charge is -2.18. The fraction of sp³-hybridized carbons (Fsp3) is 0.133. The molecular weight excluding hydrogens is 245 g/mol. The quantitative estimate of drug-likeness (QED) is 0.919. The standard InChI is InChI=1S/C15H14FNO2/c1-10-7-8-12(9-13(10)16)14(19-15(17)18)11-5-3-2-4-6-11/h2-9,14H,1H3,(H2,17,18). The molecule has 0 aliphatic rings. The van der Waals surface area contributed by atoms with Crippen molar-refractivity contribution < 1.29 is 13.9 Å². The molecule has 3 nitrogen and oxygen atoms in total. The van der Waals surface area contributed by atoms with E-state index in [1.54, 1.807) is 31.2 Å². The van der Waals surface area contributed by atoms with Crippen LogP contribution in [0.1, 0.15) is 22.8 Å². The number of hydrogen-bond donors (Lipinski definition) is 1. The van der Waals surface area contributed by atoms with Gasteiger partial charge in [0.25, 0.3) is 0 Å². The average Bonchev–Trinajstić information content (AvgIpc) is 2.40. The SMILES string of the molecule is Cc1ccc(C(OC(N)=O)c2ccccc2)cc1F. The normalized spacial score (nSPS) is 11.9. The summed E-state index contributed by atoms with van der Waals surface area (Å²) >= 11 is 0. The molecule has 0 saturated carbocycles. The highest BCUT2D eigenvalue weighted by Gasteiger charge is 2.18. The number of aryl methyl sites for hydroxylation is 1. The van der Waals surface area contributed by atoms with Gasteiger partial charge in [0.05, 0.1) is 0 Å². The summed E-state index contributed by atoms with van der Waals surface area (Å²) < 4.78 is 18.7. The first kappa shape index (κ1) is 13.1. The average molecular weight is 259 g/mol. The zero-order chi connectivity index (χ0) is 13.8. The lowest BCUT2D eigenvalue weighted by atomic mass is 10.00. The summed E-state index contributed by atoms with van der Waals surface area (Å²) in [6.07, 6.45) is -1.59. The number of rotatable bonds is 3. The minimum atomic E-state index is -0.894. The largest absolute Gasteiger partial charge is 0.437 e. The van der Waals surface area contributed by atoms with Gasteiger partial charge >= 0.3 is 6.09 Å². The Morgan fingerprint density at radius 1 is 1.16 bits per heavy atom. The molecule has 0 spiro atoms. The van der Waals surface area contributed by atoms with Gasteiger partial charge in [0, 0.05) is 0 Å². The van der Waals surface area contributed by atoms with Crippen LogP contribution in [-0.2, 0) is 4.74 Å². The van der Waals surface area contributed by atoms with Crippen molar-refractivity contribution >= 4 is 6.09 Å². The van der Waals surface area contributed by atoms with Crippen molar-refractivity contribution in [3.8, 4) is 0 Å². The summed E-state index contributed by atoms with van der Waals surface area (Å²) in [6.45, 7) is 1.67. The van der Waals surface area contributed by atoms with Gasteiger partial charge in [-0.25, -0.2) is 9.18 Å². The van der Waals surface area contributed by atoms with E-state index in [-0.39, 0.29) is 5.82 Å². The summed E-state index contributed by atoms with van der Waals surface area (Å²) in [5.74, 6) is -0.341. The number of hydrogen-bond acceptors (Lipinski definition) is 2. The van der Waals surface area contributed by atoms with E-state index in [4.69, 9.17) is 10.5 Å². The van der Waals surface area contributed by atoms with E-state index in [9.17, 15) is 9.18 Å². The van der Waals surface area contributed by atoms with E-state index >= 15 is 0 Å². The van der Waals surface area contributed by atoms with Crippen molar-refractivity contribution in [1.82, 2.24) is 0 Å². The molecule has 0 saturated heterocycles. The lowest BCUT2D eigenvalue weighted by Crippen LogP contribution is -2.18. The van der Waals surface area contributed by atoms with Gasteiger partial charge < -0.3 is 10.5 Å². The van der Waals surface area contributed by atoms with E-state index in [2.05, 4.69) is 0 Å². The highest BCUT2D eigenvalue weighted by Crippen LogP contribution is 2.27. The number of ether oxygens (including phenoxy) is 1. The predicted molar refractivity (Wildman–Crippen MR) is 70.1 cm³/mol. The maximum absolute atomic E-state index is 13.6. The van der Waals surface area contributed by atoms with Crippen molar-refractivity contribution in [2.24, 2.45) is 5.73 Å². The molecule has 0 fully saturated rings. The second-order valence-electron chi connectivity index (χ2n) is 4.24. The molecule has 98 valence electrons. The zero-order valence-electron chi connectivity index (χ0n) is 10.5. The van der Waals surface area contributed by atoms with Crippen molar-refractivity contribution in [3.63, 3.8) is 0 Å². The van der Waals surface area contributed by atoms with E-state index < -0.39 is 12.2 Å². The third kappa shape index (κ3) is 3.10. The summed E-state index contributed by atoms with van der Waals surface area (Å²) in [4.78, 5) is 11.0. The molecule has 2 aromatic rings. The van der Waals surface area contributed by atoms with Crippen LogP contribution in [0.5, 0.6) is 0 Å². The van der Waals surface area contributed by atoms with E-state index in [1.807, 2.05) is 18.2 Å². The van der Waals surface area contributed by atoms with Crippen molar-refractivity contribution in [3.05, 3.63) is 71.0 Å². The molecule has 2 N–H and O–H groups in total. The molecule has 19 heavy (non-hydrogen) atoms. The first-order valence-corrected chi connectivity index (χ1v) is 5.85. The number of carbonyl (C=O) groups is 1. The Morgan fingerprint density at radius 2 is 1.84 bits per heavy atom. The number of primary amides is 1.